The van der Waals surface area contributed by atoms with Crippen LogP contribution in [0.25, 0.3) is 0 Å². The monoisotopic (exact) mass is 366 g/mol. The highest BCUT2D eigenvalue weighted by molar-refractivity contribution is 7.88. The maximum atomic E-state index is 12.3. The Morgan fingerprint density at radius 3 is 2.67 bits per heavy atom. The highest BCUT2D eigenvalue weighted by Gasteiger charge is 2.35. The average Bonchev–Trinajstić information content (AvgIpc) is 2.45. The number of hydrogen-bond acceptors (Lipinski definition) is 4. The zero-order valence-corrected chi connectivity index (χ0v) is 13.7. The van der Waals surface area contributed by atoms with Crippen LogP contribution in [-0.4, -0.2) is 43.8 Å². The van der Waals surface area contributed by atoms with E-state index in [-0.39, 0.29) is 12.2 Å². The van der Waals surface area contributed by atoms with Crippen LogP contribution in [0.2, 0.25) is 0 Å². The maximum Gasteiger partial charge on any atom is 0.573 e. The van der Waals surface area contributed by atoms with Gasteiger partial charge in [-0.15, -0.1) is 13.2 Å². The molecule has 0 saturated carbocycles. The first-order valence-electron chi connectivity index (χ1n) is 7.20. The smallest absolute Gasteiger partial charge is 0.406 e. The number of nitrogens with one attached hydrogen (secondary N) is 1. The standard InChI is InChI=1S/C14H17F3N2O4S/c1-24(21,22)19-8-3-2-7-12(19)13(20)18-10-5-4-6-11(9-10)23-14(15,16)17/h4-6,9,12H,2-3,7-8H2,1H3,(H,18,20)/t12-/m0/s1. The molecular weight excluding hydrogens is 349 g/mol. The lowest BCUT2D eigenvalue weighted by atomic mass is 10.0. The van der Waals surface area contributed by atoms with Gasteiger partial charge in [-0.25, -0.2) is 8.42 Å². The molecular formula is C14H17F3N2O4S. The Morgan fingerprint density at radius 1 is 1.33 bits per heavy atom. The predicted molar refractivity (Wildman–Crippen MR) is 80.9 cm³/mol. The number of ether oxygens (including phenoxy) is 1. The van der Waals surface area contributed by atoms with Crippen molar-refractivity contribution in [2.24, 2.45) is 0 Å². The lowest BCUT2D eigenvalue weighted by molar-refractivity contribution is -0.274. The summed E-state index contributed by atoms with van der Waals surface area (Å²) in [5.41, 5.74) is 0.0979. The van der Waals surface area contributed by atoms with Crippen LogP contribution in [0.3, 0.4) is 0 Å². The van der Waals surface area contributed by atoms with Gasteiger partial charge in [0.2, 0.25) is 15.9 Å². The number of benzene rings is 1. The second-order valence-corrected chi connectivity index (χ2v) is 7.39. The van der Waals surface area contributed by atoms with E-state index in [0.717, 1.165) is 22.7 Å². The summed E-state index contributed by atoms with van der Waals surface area (Å²) in [5.74, 6) is -1.05. The predicted octanol–water partition coefficient (Wildman–Crippen LogP) is 2.34. The summed E-state index contributed by atoms with van der Waals surface area (Å²) in [6.07, 6.45) is -2.10. The molecule has 1 fully saturated rings. The number of rotatable bonds is 4. The highest BCUT2D eigenvalue weighted by Crippen LogP contribution is 2.26. The molecule has 1 N–H and O–H groups in total. The van der Waals surface area contributed by atoms with E-state index >= 15 is 0 Å². The molecule has 0 aliphatic carbocycles. The second-order valence-electron chi connectivity index (χ2n) is 5.45. The molecule has 1 atom stereocenters. The lowest BCUT2D eigenvalue weighted by Gasteiger charge is -2.32. The summed E-state index contributed by atoms with van der Waals surface area (Å²) >= 11 is 0. The number of amides is 1. The molecule has 0 spiro atoms. The van der Waals surface area contributed by atoms with Gasteiger partial charge in [-0.3, -0.25) is 4.79 Å². The normalized spacial score (nSPS) is 19.8. The number of anilines is 1. The lowest BCUT2D eigenvalue weighted by Crippen LogP contribution is -2.49. The second kappa shape index (κ2) is 6.98. The summed E-state index contributed by atoms with van der Waals surface area (Å²) < 4.78 is 65.1. The van der Waals surface area contributed by atoms with Crippen LogP contribution in [-0.2, 0) is 14.8 Å². The van der Waals surface area contributed by atoms with Crippen LogP contribution in [0.1, 0.15) is 19.3 Å². The Bertz CT molecular complexity index is 706. The third-order valence-electron chi connectivity index (χ3n) is 3.52. The number of halogens is 3. The Kier molecular flexibility index (Phi) is 5.38. The largest absolute Gasteiger partial charge is 0.573 e. The Morgan fingerprint density at radius 2 is 2.04 bits per heavy atom. The summed E-state index contributed by atoms with van der Waals surface area (Å²) in [6, 6.07) is 3.95. The van der Waals surface area contributed by atoms with Gasteiger partial charge in [0, 0.05) is 18.3 Å². The molecule has 1 aromatic rings. The van der Waals surface area contributed by atoms with Gasteiger partial charge in [0.1, 0.15) is 11.8 Å². The Labute approximate surface area is 137 Å². The van der Waals surface area contributed by atoms with Crippen molar-refractivity contribution in [3.8, 4) is 5.75 Å². The third-order valence-corrected chi connectivity index (χ3v) is 4.81. The fourth-order valence-corrected chi connectivity index (χ4v) is 3.68. The van der Waals surface area contributed by atoms with E-state index in [4.69, 9.17) is 0 Å². The van der Waals surface area contributed by atoms with Crippen molar-refractivity contribution in [2.45, 2.75) is 31.7 Å². The van der Waals surface area contributed by atoms with Gasteiger partial charge < -0.3 is 10.1 Å². The molecule has 24 heavy (non-hydrogen) atoms. The van der Waals surface area contributed by atoms with Gasteiger partial charge in [0.25, 0.3) is 0 Å². The van der Waals surface area contributed by atoms with Crippen LogP contribution < -0.4 is 10.1 Å². The molecule has 2 rings (SSSR count). The van der Waals surface area contributed by atoms with E-state index in [1.807, 2.05) is 0 Å². The van der Waals surface area contributed by atoms with Crippen molar-refractivity contribution in [2.75, 3.05) is 18.1 Å². The number of piperidine rings is 1. The fraction of sp³-hybridized carbons (Fsp3) is 0.500. The van der Waals surface area contributed by atoms with Crippen molar-refractivity contribution in [1.82, 2.24) is 4.31 Å². The topological polar surface area (TPSA) is 75.7 Å². The molecule has 0 aromatic heterocycles. The summed E-state index contributed by atoms with van der Waals surface area (Å²) in [7, 11) is -3.55. The zero-order valence-electron chi connectivity index (χ0n) is 12.8. The van der Waals surface area contributed by atoms with Gasteiger partial charge in [0.15, 0.2) is 0 Å². The minimum atomic E-state index is -4.83. The molecule has 0 bridgehead atoms. The van der Waals surface area contributed by atoms with Crippen LogP contribution in [0.15, 0.2) is 24.3 Å². The summed E-state index contributed by atoms with van der Waals surface area (Å²) in [6.45, 7) is 0.244. The van der Waals surface area contributed by atoms with Crippen molar-refractivity contribution in [3.63, 3.8) is 0 Å². The molecule has 1 saturated heterocycles. The van der Waals surface area contributed by atoms with E-state index in [0.29, 0.717) is 19.3 Å². The van der Waals surface area contributed by atoms with E-state index in [1.165, 1.54) is 12.1 Å². The molecule has 1 heterocycles. The third kappa shape index (κ3) is 5.10. The molecule has 6 nitrogen and oxygen atoms in total. The number of nitrogens with zero attached hydrogens (tertiary/aromatic N) is 1. The number of alkyl halides is 3. The molecule has 134 valence electrons. The molecule has 1 aromatic carbocycles. The molecule has 0 radical (unpaired) electrons. The van der Waals surface area contributed by atoms with Gasteiger partial charge in [-0.1, -0.05) is 12.5 Å². The Hall–Kier alpha value is -1.81. The quantitative estimate of drug-likeness (QED) is 0.888. The van der Waals surface area contributed by atoms with Crippen molar-refractivity contribution in [1.29, 1.82) is 0 Å². The summed E-state index contributed by atoms with van der Waals surface area (Å²) in [4.78, 5) is 12.3. The van der Waals surface area contributed by atoms with Gasteiger partial charge in [0.05, 0.1) is 6.26 Å². The minimum absolute atomic E-state index is 0.0979. The molecule has 10 heteroatoms. The molecule has 0 unspecified atom stereocenters. The van der Waals surface area contributed by atoms with Crippen LogP contribution in [0.5, 0.6) is 5.75 Å². The van der Waals surface area contributed by atoms with Crippen molar-refractivity contribution >= 4 is 21.6 Å². The molecule has 1 aliphatic rings. The van der Waals surface area contributed by atoms with E-state index in [1.54, 1.807) is 0 Å². The zero-order chi connectivity index (χ0) is 18.0. The number of carbonyl (C=O) groups excluding carboxylic acids is 1. The minimum Gasteiger partial charge on any atom is -0.406 e. The number of sulfonamides is 1. The van der Waals surface area contributed by atoms with Gasteiger partial charge >= 0.3 is 6.36 Å². The van der Waals surface area contributed by atoms with E-state index < -0.39 is 34.1 Å². The van der Waals surface area contributed by atoms with Gasteiger partial charge in [-0.2, -0.15) is 4.31 Å². The number of carbonyl (C=O) groups is 1. The SMILES string of the molecule is CS(=O)(=O)N1CCCC[C@H]1C(=O)Nc1cccc(OC(F)(F)F)c1. The van der Waals surface area contributed by atoms with E-state index in [2.05, 4.69) is 10.1 Å². The van der Waals surface area contributed by atoms with Gasteiger partial charge in [-0.05, 0) is 25.0 Å². The van der Waals surface area contributed by atoms with Crippen LogP contribution in [0, 0.1) is 0 Å². The fourth-order valence-electron chi connectivity index (χ4n) is 2.56. The first kappa shape index (κ1) is 18.5. The first-order valence-corrected chi connectivity index (χ1v) is 9.04. The molecule has 1 amide bonds. The summed E-state index contributed by atoms with van der Waals surface area (Å²) in [5, 5.41) is 2.45. The van der Waals surface area contributed by atoms with Crippen molar-refractivity contribution < 1.29 is 31.1 Å². The highest BCUT2D eigenvalue weighted by atomic mass is 32.2. The van der Waals surface area contributed by atoms with Crippen LogP contribution in [0.4, 0.5) is 18.9 Å². The van der Waals surface area contributed by atoms with Crippen LogP contribution >= 0.6 is 0 Å². The molecule has 1 aliphatic heterocycles. The average molecular weight is 366 g/mol. The van der Waals surface area contributed by atoms with Crippen molar-refractivity contribution in [3.05, 3.63) is 24.3 Å². The Balaban J connectivity index is 2.12. The maximum absolute atomic E-state index is 12.3. The van der Waals surface area contributed by atoms with E-state index in [9.17, 15) is 26.4 Å². The number of hydrogen-bond donors (Lipinski definition) is 1. The first-order chi connectivity index (χ1) is 11.1.